The molecule has 2 nitrogen and oxygen atoms in total. The van der Waals surface area contributed by atoms with Crippen molar-refractivity contribution < 1.29 is 9.09 Å². The van der Waals surface area contributed by atoms with Gasteiger partial charge < -0.3 is 4.52 Å². The molecule has 0 bridgehead atoms. The molecule has 122 valence electrons. The van der Waals surface area contributed by atoms with Crippen LogP contribution in [0.3, 0.4) is 0 Å². The van der Waals surface area contributed by atoms with Gasteiger partial charge in [-0.15, -0.1) is 0 Å². The largest absolute Gasteiger partial charge is 0.314 e. The Labute approximate surface area is 151 Å². The molecule has 0 aliphatic rings. The Bertz CT molecular complexity index is 789. The Morgan fingerprint density at radius 3 is 1.71 bits per heavy atom. The molecule has 3 aromatic carbocycles. The van der Waals surface area contributed by atoms with E-state index >= 15 is 0 Å². The van der Waals surface area contributed by atoms with Crippen LogP contribution < -0.4 is 10.6 Å². The number of hydrogen-bond donors (Lipinski definition) is 0. The maximum Gasteiger partial charge on any atom is 0.261 e. The summed E-state index contributed by atoms with van der Waals surface area (Å²) in [5.41, 5.74) is 0.991. The normalized spacial score (nSPS) is 12.8. The molecule has 0 heterocycles. The molecule has 0 N–H and O–H groups in total. The molecule has 1 atom stereocenters. The van der Waals surface area contributed by atoms with Gasteiger partial charge in [0.1, 0.15) is 0 Å². The van der Waals surface area contributed by atoms with Gasteiger partial charge in [0, 0.05) is 15.1 Å². The van der Waals surface area contributed by atoms with Gasteiger partial charge in [-0.3, -0.25) is 4.57 Å². The van der Waals surface area contributed by atoms with Crippen molar-refractivity contribution in [1.29, 1.82) is 0 Å². The van der Waals surface area contributed by atoms with Crippen molar-refractivity contribution in [1.82, 2.24) is 0 Å². The van der Waals surface area contributed by atoms with Crippen LogP contribution in [0.5, 0.6) is 0 Å². The Morgan fingerprint density at radius 1 is 0.792 bits per heavy atom. The number of rotatable bonds is 5. The zero-order chi connectivity index (χ0) is 17.0. The van der Waals surface area contributed by atoms with E-state index in [1.54, 1.807) is 0 Å². The monoisotopic (exact) mass is 400 g/mol. The lowest BCUT2D eigenvalue weighted by molar-refractivity contribution is 0.238. The number of benzene rings is 3. The maximum atomic E-state index is 13.8. The SMILES string of the molecule is C[C@H](OP(=O)(c1ccccc1)c1ccccc1)c1ccc(Br)cc1. The molecule has 0 aliphatic heterocycles. The third-order valence-electron chi connectivity index (χ3n) is 3.84. The van der Waals surface area contributed by atoms with E-state index in [1.807, 2.05) is 91.9 Å². The lowest BCUT2D eigenvalue weighted by Crippen LogP contribution is -2.19. The standard InChI is InChI=1S/C20H18BrO2P/c1-16(17-12-14-18(21)15-13-17)23-24(22,19-8-4-2-5-9-19)20-10-6-3-7-11-20/h2-16H,1H3/t16-/m0/s1. The van der Waals surface area contributed by atoms with E-state index in [9.17, 15) is 4.57 Å². The Hall–Kier alpha value is -1.67. The van der Waals surface area contributed by atoms with E-state index in [1.165, 1.54) is 0 Å². The average molecular weight is 401 g/mol. The Morgan fingerprint density at radius 2 is 1.25 bits per heavy atom. The second-order valence-corrected chi connectivity index (χ2v) is 8.78. The minimum absolute atomic E-state index is 0.288. The highest BCUT2D eigenvalue weighted by Crippen LogP contribution is 2.48. The van der Waals surface area contributed by atoms with Crippen LogP contribution in [-0.2, 0) is 9.09 Å². The van der Waals surface area contributed by atoms with Crippen LogP contribution in [0.1, 0.15) is 18.6 Å². The van der Waals surface area contributed by atoms with Crippen molar-refractivity contribution in [3.63, 3.8) is 0 Å². The lowest BCUT2D eigenvalue weighted by atomic mass is 10.1. The summed E-state index contributed by atoms with van der Waals surface area (Å²) in [7, 11) is -3.17. The van der Waals surface area contributed by atoms with Crippen molar-refractivity contribution in [2.45, 2.75) is 13.0 Å². The van der Waals surface area contributed by atoms with Crippen molar-refractivity contribution in [2.75, 3.05) is 0 Å². The maximum absolute atomic E-state index is 13.8. The van der Waals surface area contributed by atoms with E-state index in [0.29, 0.717) is 10.6 Å². The van der Waals surface area contributed by atoms with Crippen LogP contribution >= 0.6 is 23.3 Å². The predicted octanol–water partition coefficient (Wildman–Crippen LogP) is 5.46. The van der Waals surface area contributed by atoms with Crippen molar-refractivity contribution in [3.05, 3.63) is 95.0 Å². The van der Waals surface area contributed by atoms with Crippen LogP contribution in [0.15, 0.2) is 89.4 Å². The zero-order valence-corrected chi connectivity index (χ0v) is 15.8. The summed E-state index contributed by atoms with van der Waals surface area (Å²) in [6.07, 6.45) is -0.288. The minimum atomic E-state index is -3.17. The molecule has 24 heavy (non-hydrogen) atoms. The molecular weight excluding hydrogens is 383 g/mol. The quantitative estimate of drug-likeness (QED) is 0.531. The van der Waals surface area contributed by atoms with Gasteiger partial charge >= 0.3 is 0 Å². The van der Waals surface area contributed by atoms with Gasteiger partial charge in [-0.1, -0.05) is 64.5 Å². The average Bonchev–Trinajstić information content (AvgIpc) is 2.63. The molecule has 0 aromatic heterocycles. The highest BCUT2D eigenvalue weighted by atomic mass is 79.9. The zero-order valence-electron chi connectivity index (χ0n) is 13.3. The molecule has 0 saturated heterocycles. The fourth-order valence-corrected chi connectivity index (χ4v) is 5.04. The van der Waals surface area contributed by atoms with E-state index < -0.39 is 7.37 Å². The number of halogens is 1. The van der Waals surface area contributed by atoms with Crippen molar-refractivity contribution in [3.8, 4) is 0 Å². The third-order valence-corrected chi connectivity index (χ3v) is 6.94. The molecular formula is C20H18BrO2P. The summed E-state index contributed by atoms with van der Waals surface area (Å²) in [6, 6.07) is 26.7. The molecule has 0 amide bonds. The van der Waals surface area contributed by atoms with E-state index in [2.05, 4.69) is 15.9 Å². The van der Waals surface area contributed by atoms with Gasteiger partial charge in [0.2, 0.25) is 0 Å². The smallest absolute Gasteiger partial charge is 0.261 e. The van der Waals surface area contributed by atoms with Crippen molar-refractivity contribution in [2.24, 2.45) is 0 Å². The summed E-state index contributed by atoms with van der Waals surface area (Å²) in [5, 5.41) is 1.42. The van der Waals surface area contributed by atoms with Crippen LogP contribution in [-0.4, -0.2) is 0 Å². The molecule has 0 unspecified atom stereocenters. The fraction of sp³-hybridized carbons (Fsp3) is 0.100. The third kappa shape index (κ3) is 3.70. The first-order valence-electron chi connectivity index (χ1n) is 7.75. The summed E-state index contributed by atoms with van der Waals surface area (Å²) in [6.45, 7) is 1.93. The van der Waals surface area contributed by atoms with Crippen LogP contribution in [0, 0.1) is 0 Å². The van der Waals surface area contributed by atoms with Gasteiger partial charge in [0.25, 0.3) is 7.37 Å². The Kier molecular flexibility index (Phi) is 5.35. The van der Waals surface area contributed by atoms with Crippen molar-refractivity contribution >= 4 is 33.9 Å². The van der Waals surface area contributed by atoms with E-state index in [0.717, 1.165) is 10.0 Å². The second kappa shape index (κ2) is 7.48. The fourth-order valence-electron chi connectivity index (χ4n) is 2.54. The van der Waals surface area contributed by atoms with Gasteiger partial charge in [-0.25, -0.2) is 0 Å². The van der Waals surface area contributed by atoms with Gasteiger partial charge in [0.15, 0.2) is 0 Å². The first-order chi connectivity index (χ1) is 11.6. The molecule has 0 fully saturated rings. The highest BCUT2D eigenvalue weighted by molar-refractivity contribution is 9.10. The Balaban J connectivity index is 2.00. The second-order valence-electron chi connectivity index (χ2n) is 5.52. The first-order valence-corrected chi connectivity index (χ1v) is 10.2. The number of hydrogen-bond acceptors (Lipinski definition) is 2. The van der Waals surface area contributed by atoms with Gasteiger partial charge in [-0.05, 0) is 48.9 Å². The van der Waals surface area contributed by atoms with Crippen LogP contribution in [0.25, 0.3) is 0 Å². The van der Waals surface area contributed by atoms with Gasteiger partial charge in [0.05, 0.1) is 6.10 Å². The molecule has 4 heteroatoms. The van der Waals surface area contributed by atoms with E-state index in [-0.39, 0.29) is 6.10 Å². The van der Waals surface area contributed by atoms with Crippen LogP contribution in [0.2, 0.25) is 0 Å². The molecule has 3 aromatic rings. The molecule has 0 spiro atoms. The molecule has 0 radical (unpaired) electrons. The van der Waals surface area contributed by atoms with E-state index in [4.69, 9.17) is 4.52 Å². The first kappa shape index (κ1) is 17.2. The highest BCUT2D eigenvalue weighted by Gasteiger charge is 2.30. The summed E-state index contributed by atoms with van der Waals surface area (Å²) in [4.78, 5) is 0. The summed E-state index contributed by atoms with van der Waals surface area (Å²) < 4.78 is 21.0. The van der Waals surface area contributed by atoms with Gasteiger partial charge in [-0.2, -0.15) is 0 Å². The summed E-state index contributed by atoms with van der Waals surface area (Å²) in [5.74, 6) is 0. The molecule has 0 saturated carbocycles. The predicted molar refractivity (Wildman–Crippen MR) is 103 cm³/mol. The topological polar surface area (TPSA) is 26.3 Å². The molecule has 3 rings (SSSR count). The minimum Gasteiger partial charge on any atom is -0.314 e. The summed E-state index contributed by atoms with van der Waals surface area (Å²) >= 11 is 3.43. The lowest BCUT2D eigenvalue weighted by Gasteiger charge is -2.24. The van der Waals surface area contributed by atoms with Crippen LogP contribution in [0.4, 0.5) is 0 Å². The molecule has 0 aliphatic carbocycles.